The van der Waals surface area contributed by atoms with Gasteiger partial charge in [-0.15, -0.1) is 0 Å². The Morgan fingerprint density at radius 2 is 1.76 bits per heavy atom. The Labute approximate surface area is 98.8 Å². The summed E-state index contributed by atoms with van der Waals surface area (Å²) in [4.78, 5) is 10.9. The molecule has 0 fully saturated rings. The number of aliphatic hydroxyl groups is 2. The number of carbonyl (C=O) groups is 1. The predicted molar refractivity (Wildman–Crippen MR) is 61.2 cm³/mol. The van der Waals surface area contributed by atoms with Crippen LogP contribution in [-0.4, -0.2) is 35.4 Å². The molecule has 0 aliphatic heterocycles. The lowest BCUT2D eigenvalue weighted by Crippen LogP contribution is -2.28. The van der Waals surface area contributed by atoms with Crippen molar-refractivity contribution in [3.63, 3.8) is 0 Å². The molecule has 0 aliphatic rings. The van der Waals surface area contributed by atoms with Crippen molar-refractivity contribution in [2.45, 2.75) is 12.1 Å². The number of rotatable bonds is 6. The van der Waals surface area contributed by atoms with Crippen LogP contribution in [0, 0.1) is 0 Å². The normalized spacial score (nSPS) is 12.5. The number of amides is 1. The van der Waals surface area contributed by atoms with Gasteiger partial charge in [0.2, 0.25) is 5.91 Å². The number of benzene rings is 1. The first-order valence-electron chi connectivity index (χ1n) is 5.11. The third kappa shape index (κ3) is 3.70. The Hall–Kier alpha value is -1.63. The number of nitrogens with two attached hydrogens (primary N) is 2. The first kappa shape index (κ1) is 13.4. The number of aliphatic hydroxyl groups excluding tert-OH is 2. The zero-order chi connectivity index (χ0) is 12.8. The molecule has 1 amide bonds. The maximum atomic E-state index is 10.9. The van der Waals surface area contributed by atoms with E-state index in [9.17, 15) is 4.79 Å². The van der Waals surface area contributed by atoms with Gasteiger partial charge in [0, 0.05) is 0 Å². The SMILES string of the molecule is NC(=O)[C@H](N)c1ccc(OC(CO)CO)cc1. The molecule has 0 aliphatic carbocycles. The predicted octanol–water partition coefficient (Wildman–Crippen LogP) is -1.10. The highest BCUT2D eigenvalue weighted by Gasteiger charge is 2.12. The summed E-state index contributed by atoms with van der Waals surface area (Å²) in [6, 6.07) is 5.55. The van der Waals surface area contributed by atoms with E-state index in [0.717, 1.165) is 0 Å². The fourth-order valence-corrected chi connectivity index (χ4v) is 1.24. The van der Waals surface area contributed by atoms with Crippen LogP contribution in [0.15, 0.2) is 24.3 Å². The fraction of sp³-hybridized carbons (Fsp3) is 0.364. The van der Waals surface area contributed by atoms with Gasteiger partial charge in [-0.3, -0.25) is 4.79 Å². The number of primary amides is 1. The molecular formula is C11H16N2O4. The van der Waals surface area contributed by atoms with Crippen molar-refractivity contribution in [1.29, 1.82) is 0 Å². The molecule has 6 N–H and O–H groups in total. The largest absolute Gasteiger partial charge is 0.486 e. The minimum Gasteiger partial charge on any atom is -0.486 e. The Balaban J connectivity index is 2.71. The maximum absolute atomic E-state index is 10.9. The highest BCUT2D eigenvalue weighted by molar-refractivity contribution is 5.81. The van der Waals surface area contributed by atoms with Crippen LogP contribution in [0.1, 0.15) is 11.6 Å². The standard InChI is InChI=1S/C11H16N2O4/c12-10(11(13)16)7-1-3-8(4-2-7)17-9(5-14)6-15/h1-4,9-10,14-15H,5-6,12H2,(H2,13,16)/t10-/m1/s1. The smallest absolute Gasteiger partial charge is 0.238 e. The van der Waals surface area contributed by atoms with Crippen LogP contribution in [0.2, 0.25) is 0 Å². The van der Waals surface area contributed by atoms with Crippen LogP contribution in [0.3, 0.4) is 0 Å². The molecular weight excluding hydrogens is 224 g/mol. The minimum absolute atomic E-state index is 0.279. The van der Waals surface area contributed by atoms with Crippen LogP contribution in [-0.2, 0) is 4.79 Å². The molecule has 6 heteroatoms. The maximum Gasteiger partial charge on any atom is 0.238 e. The third-order valence-corrected chi connectivity index (χ3v) is 2.26. The van der Waals surface area contributed by atoms with Gasteiger partial charge in [0.1, 0.15) is 17.9 Å². The first-order valence-corrected chi connectivity index (χ1v) is 5.11. The van der Waals surface area contributed by atoms with Crippen LogP contribution in [0.25, 0.3) is 0 Å². The van der Waals surface area contributed by atoms with E-state index in [-0.39, 0.29) is 13.2 Å². The van der Waals surface area contributed by atoms with Gasteiger partial charge < -0.3 is 26.4 Å². The molecule has 1 atom stereocenters. The summed E-state index contributed by atoms with van der Waals surface area (Å²) < 4.78 is 5.25. The van der Waals surface area contributed by atoms with E-state index in [1.807, 2.05) is 0 Å². The van der Waals surface area contributed by atoms with Gasteiger partial charge in [-0.25, -0.2) is 0 Å². The van der Waals surface area contributed by atoms with E-state index in [0.29, 0.717) is 11.3 Å². The van der Waals surface area contributed by atoms with Gasteiger partial charge in [-0.1, -0.05) is 12.1 Å². The van der Waals surface area contributed by atoms with Crippen molar-refractivity contribution in [3.05, 3.63) is 29.8 Å². The molecule has 0 unspecified atom stereocenters. The van der Waals surface area contributed by atoms with E-state index < -0.39 is 18.1 Å². The summed E-state index contributed by atoms with van der Waals surface area (Å²) in [6.07, 6.45) is -0.661. The summed E-state index contributed by atoms with van der Waals surface area (Å²) >= 11 is 0. The van der Waals surface area contributed by atoms with Gasteiger partial charge in [0.25, 0.3) is 0 Å². The van der Waals surface area contributed by atoms with Gasteiger partial charge in [-0.2, -0.15) is 0 Å². The van der Waals surface area contributed by atoms with Crippen molar-refractivity contribution in [3.8, 4) is 5.75 Å². The summed E-state index contributed by atoms with van der Waals surface area (Å²) in [7, 11) is 0. The van der Waals surface area contributed by atoms with Gasteiger partial charge >= 0.3 is 0 Å². The second-order valence-electron chi connectivity index (χ2n) is 3.55. The van der Waals surface area contributed by atoms with Crippen molar-refractivity contribution >= 4 is 5.91 Å². The van der Waals surface area contributed by atoms with Crippen LogP contribution >= 0.6 is 0 Å². The number of hydrogen-bond acceptors (Lipinski definition) is 5. The Morgan fingerprint density at radius 3 is 2.18 bits per heavy atom. The quantitative estimate of drug-likeness (QED) is 0.503. The second kappa shape index (κ2) is 6.19. The molecule has 1 aromatic carbocycles. The zero-order valence-electron chi connectivity index (χ0n) is 9.24. The second-order valence-corrected chi connectivity index (χ2v) is 3.55. The molecule has 0 saturated heterocycles. The first-order chi connectivity index (χ1) is 8.08. The van der Waals surface area contributed by atoms with Crippen molar-refractivity contribution in [2.24, 2.45) is 11.5 Å². The summed E-state index contributed by atoms with van der Waals surface area (Å²) in [5.74, 6) is -0.138. The van der Waals surface area contributed by atoms with Gasteiger partial charge in [-0.05, 0) is 17.7 Å². The number of ether oxygens (including phenoxy) is 1. The van der Waals surface area contributed by atoms with E-state index >= 15 is 0 Å². The van der Waals surface area contributed by atoms with Crippen molar-refractivity contribution < 1.29 is 19.7 Å². The van der Waals surface area contributed by atoms with Crippen LogP contribution < -0.4 is 16.2 Å². The average molecular weight is 240 g/mol. The third-order valence-electron chi connectivity index (χ3n) is 2.26. The molecule has 94 valence electrons. The van der Waals surface area contributed by atoms with Crippen LogP contribution in [0.5, 0.6) is 5.75 Å². The lowest BCUT2D eigenvalue weighted by molar-refractivity contribution is -0.119. The van der Waals surface area contributed by atoms with Gasteiger partial charge in [0.15, 0.2) is 0 Å². The Morgan fingerprint density at radius 1 is 1.24 bits per heavy atom. The fourth-order valence-electron chi connectivity index (χ4n) is 1.24. The monoisotopic (exact) mass is 240 g/mol. The zero-order valence-corrected chi connectivity index (χ0v) is 9.24. The molecule has 0 bridgehead atoms. The summed E-state index contributed by atoms with van der Waals surface area (Å²) in [5, 5.41) is 17.7. The molecule has 1 rings (SSSR count). The molecule has 6 nitrogen and oxygen atoms in total. The lowest BCUT2D eigenvalue weighted by Gasteiger charge is -2.15. The lowest BCUT2D eigenvalue weighted by atomic mass is 10.1. The highest BCUT2D eigenvalue weighted by atomic mass is 16.5. The average Bonchev–Trinajstić information content (AvgIpc) is 2.35. The number of hydrogen-bond donors (Lipinski definition) is 4. The molecule has 0 saturated carbocycles. The van der Waals surface area contributed by atoms with Crippen molar-refractivity contribution in [2.75, 3.05) is 13.2 Å². The molecule has 17 heavy (non-hydrogen) atoms. The topological polar surface area (TPSA) is 119 Å². The Kier molecular flexibility index (Phi) is 4.89. The molecule has 0 spiro atoms. The molecule has 0 radical (unpaired) electrons. The summed E-state index contributed by atoms with van der Waals surface area (Å²) in [6.45, 7) is -0.557. The van der Waals surface area contributed by atoms with E-state index in [2.05, 4.69) is 0 Å². The Bertz CT molecular complexity index is 362. The highest BCUT2D eigenvalue weighted by Crippen LogP contribution is 2.17. The minimum atomic E-state index is -0.851. The molecule has 0 heterocycles. The van der Waals surface area contributed by atoms with E-state index in [1.165, 1.54) is 0 Å². The van der Waals surface area contributed by atoms with E-state index in [1.54, 1.807) is 24.3 Å². The number of carbonyl (C=O) groups excluding carboxylic acids is 1. The molecule has 0 aromatic heterocycles. The molecule has 1 aromatic rings. The van der Waals surface area contributed by atoms with E-state index in [4.69, 9.17) is 26.4 Å². The summed E-state index contributed by atoms with van der Waals surface area (Å²) in [5.41, 5.74) is 11.2. The van der Waals surface area contributed by atoms with Gasteiger partial charge in [0.05, 0.1) is 13.2 Å². The van der Waals surface area contributed by atoms with Crippen molar-refractivity contribution in [1.82, 2.24) is 0 Å². The van der Waals surface area contributed by atoms with Crippen LogP contribution in [0.4, 0.5) is 0 Å².